The fourth-order valence-corrected chi connectivity index (χ4v) is 4.77. The van der Waals surface area contributed by atoms with Crippen LogP contribution in [0.5, 0.6) is 0 Å². The van der Waals surface area contributed by atoms with E-state index in [2.05, 4.69) is 13.8 Å². The summed E-state index contributed by atoms with van der Waals surface area (Å²) in [6, 6.07) is -0.0336. The number of hydrogen-bond acceptors (Lipinski definition) is 2. The molecule has 3 N–H and O–H groups in total. The molecule has 2 heteroatoms. The van der Waals surface area contributed by atoms with Gasteiger partial charge in [-0.05, 0) is 49.9 Å². The Morgan fingerprint density at radius 3 is 1.65 bits per heavy atom. The first-order valence-corrected chi connectivity index (χ1v) is 9.03. The molecule has 0 aliphatic heterocycles. The summed E-state index contributed by atoms with van der Waals surface area (Å²) in [6.07, 6.45) is 13.6. The number of rotatable bonds is 5. The SMILES string of the molecule is CC(C)C[C@@H](N)C(O)(C1CCCCC1)C1CCCCC1. The van der Waals surface area contributed by atoms with Crippen LogP contribution in [-0.2, 0) is 0 Å². The largest absolute Gasteiger partial charge is 0.388 e. The first kappa shape index (κ1) is 16.3. The van der Waals surface area contributed by atoms with Gasteiger partial charge in [0.05, 0.1) is 5.60 Å². The van der Waals surface area contributed by atoms with Gasteiger partial charge >= 0.3 is 0 Å². The molecule has 0 aromatic carbocycles. The first-order valence-electron chi connectivity index (χ1n) is 9.03. The highest BCUT2D eigenvalue weighted by atomic mass is 16.3. The second kappa shape index (κ2) is 7.26. The van der Waals surface area contributed by atoms with Crippen LogP contribution < -0.4 is 5.73 Å². The van der Waals surface area contributed by atoms with E-state index in [0.717, 1.165) is 6.42 Å². The predicted molar refractivity (Wildman–Crippen MR) is 85.5 cm³/mol. The van der Waals surface area contributed by atoms with Crippen molar-refractivity contribution in [2.75, 3.05) is 0 Å². The van der Waals surface area contributed by atoms with Crippen LogP contribution >= 0.6 is 0 Å². The topological polar surface area (TPSA) is 46.2 Å². The van der Waals surface area contributed by atoms with Gasteiger partial charge in [-0.2, -0.15) is 0 Å². The first-order chi connectivity index (χ1) is 9.55. The zero-order valence-electron chi connectivity index (χ0n) is 13.6. The standard InChI is InChI=1S/C18H35NO/c1-14(2)13-17(19)18(20,15-9-5-3-6-10-15)16-11-7-4-8-12-16/h14-17,20H,3-13,19H2,1-2H3/t17-/m1/s1. The maximum atomic E-state index is 11.7. The van der Waals surface area contributed by atoms with Crippen molar-refractivity contribution >= 4 is 0 Å². The van der Waals surface area contributed by atoms with E-state index >= 15 is 0 Å². The molecule has 0 saturated heterocycles. The van der Waals surface area contributed by atoms with Crippen LogP contribution in [0.3, 0.4) is 0 Å². The molecule has 0 heterocycles. The molecule has 0 spiro atoms. The number of hydrogen-bond donors (Lipinski definition) is 2. The van der Waals surface area contributed by atoms with E-state index in [1.807, 2.05) is 0 Å². The molecule has 2 rings (SSSR count). The summed E-state index contributed by atoms with van der Waals surface area (Å²) in [7, 11) is 0. The zero-order valence-corrected chi connectivity index (χ0v) is 13.6. The lowest BCUT2D eigenvalue weighted by atomic mass is 9.62. The van der Waals surface area contributed by atoms with Crippen LogP contribution in [0.1, 0.15) is 84.5 Å². The van der Waals surface area contributed by atoms with Crippen LogP contribution in [0.4, 0.5) is 0 Å². The van der Waals surface area contributed by atoms with Crippen LogP contribution in [0.25, 0.3) is 0 Å². The van der Waals surface area contributed by atoms with Gasteiger partial charge in [-0.3, -0.25) is 0 Å². The Hall–Kier alpha value is -0.0800. The molecule has 1 atom stereocenters. The number of aliphatic hydroxyl groups is 1. The Kier molecular flexibility index (Phi) is 5.92. The minimum Gasteiger partial charge on any atom is -0.388 e. The lowest BCUT2D eigenvalue weighted by molar-refractivity contribution is -0.113. The summed E-state index contributed by atoms with van der Waals surface area (Å²) in [6.45, 7) is 4.45. The van der Waals surface area contributed by atoms with E-state index in [9.17, 15) is 5.11 Å². The summed E-state index contributed by atoms with van der Waals surface area (Å²) in [4.78, 5) is 0. The van der Waals surface area contributed by atoms with Crippen LogP contribution in [0.2, 0.25) is 0 Å². The van der Waals surface area contributed by atoms with E-state index < -0.39 is 5.60 Å². The molecule has 2 fully saturated rings. The molecule has 2 aliphatic carbocycles. The monoisotopic (exact) mass is 281 g/mol. The van der Waals surface area contributed by atoms with Gasteiger partial charge in [-0.25, -0.2) is 0 Å². The second-order valence-corrected chi connectivity index (χ2v) is 7.79. The lowest BCUT2D eigenvalue weighted by Gasteiger charge is -2.49. The van der Waals surface area contributed by atoms with Gasteiger partial charge in [0, 0.05) is 6.04 Å². The van der Waals surface area contributed by atoms with Gasteiger partial charge < -0.3 is 10.8 Å². The van der Waals surface area contributed by atoms with Crippen LogP contribution in [-0.4, -0.2) is 16.7 Å². The summed E-state index contributed by atoms with van der Waals surface area (Å²) < 4.78 is 0. The van der Waals surface area contributed by atoms with Gasteiger partial charge in [-0.1, -0.05) is 52.4 Å². The molecule has 2 saturated carbocycles. The lowest BCUT2D eigenvalue weighted by Crippen LogP contribution is -2.59. The third-order valence-electron chi connectivity index (χ3n) is 5.84. The molecule has 0 aromatic heterocycles. The molecule has 0 amide bonds. The predicted octanol–water partition coefficient (Wildman–Crippen LogP) is 4.25. The van der Waals surface area contributed by atoms with Crippen molar-refractivity contribution in [3.8, 4) is 0 Å². The van der Waals surface area contributed by atoms with Crippen molar-refractivity contribution < 1.29 is 5.11 Å². The molecule has 2 nitrogen and oxygen atoms in total. The quantitative estimate of drug-likeness (QED) is 0.791. The summed E-state index contributed by atoms with van der Waals surface area (Å²) in [5.41, 5.74) is 5.97. The molecule has 118 valence electrons. The average Bonchev–Trinajstić information content (AvgIpc) is 2.47. The molecule has 2 aliphatic rings. The summed E-state index contributed by atoms with van der Waals surface area (Å²) in [5, 5.41) is 11.7. The van der Waals surface area contributed by atoms with Gasteiger partial charge in [0.25, 0.3) is 0 Å². The van der Waals surface area contributed by atoms with E-state index in [0.29, 0.717) is 17.8 Å². The van der Waals surface area contributed by atoms with Gasteiger partial charge in [0.15, 0.2) is 0 Å². The fourth-order valence-electron chi connectivity index (χ4n) is 4.77. The van der Waals surface area contributed by atoms with E-state index in [1.165, 1.54) is 64.2 Å². The van der Waals surface area contributed by atoms with Crippen LogP contribution in [0, 0.1) is 17.8 Å². The highest BCUT2D eigenvalue weighted by molar-refractivity contribution is 5.01. The summed E-state index contributed by atoms with van der Waals surface area (Å²) in [5.74, 6) is 1.48. The van der Waals surface area contributed by atoms with Crippen molar-refractivity contribution in [1.29, 1.82) is 0 Å². The molecule has 0 bridgehead atoms. The minimum atomic E-state index is -0.592. The maximum absolute atomic E-state index is 11.7. The second-order valence-electron chi connectivity index (χ2n) is 7.79. The molecular weight excluding hydrogens is 246 g/mol. The van der Waals surface area contributed by atoms with E-state index in [1.54, 1.807) is 0 Å². The Labute approximate surface area is 125 Å². The Balaban J connectivity index is 2.15. The van der Waals surface area contributed by atoms with Crippen molar-refractivity contribution in [1.82, 2.24) is 0 Å². The van der Waals surface area contributed by atoms with Crippen molar-refractivity contribution in [2.24, 2.45) is 23.5 Å². The molecular formula is C18H35NO. The minimum absolute atomic E-state index is 0.0336. The molecule has 0 unspecified atom stereocenters. The van der Waals surface area contributed by atoms with Crippen molar-refractivity contribution in [3.63, 3.8) is 0 Å². The highest BCUT2D eigenvalue weighted by Crippen LogP contribution is 2.45. The maximum Gasteiger partial charge on any atom is 0.0853 e. The smallest absolute Gasteiger partial charge is 0.0853 e. The average molecular weight is 281 g/mol. The van der Waals surface area contributed by atoms with E-state index in [4.69, 9.17) is 5.73 Å². The zero-order chi connectivity index (χ0) is 14.6. The fraction of sp³-hybridized carbons (Fsp3) is 1.00. The Bertz CT molecular complexity index is 259. The Morgan fingerprint density at radius 2 is 1.30 bits per heavy atom. The molecule has 0 radical (unpaired) electrons. The van der Waals surface area contributed by atoms with Gasteiger partial charge in [0.2, 0.25) is 0 Å². The Morgan fingerprint density at radius 1 is 0.900 bits per heavy atom. The highest BCUT2D eigenvalue weighted by Gasteiger charge is 2.48. The van der Waals surface area contributed by atoms with Crippen LogP contribution in [0.15, 0.2) is 0 Å². The third-order valence-corrected chi connectivity index (χ3v) is 5.84. The van der Waals surface area contributed by atoms with Crippen molar-refractivity contribution in [2.45, 2.75) is 96.1 Å². The normalized spacial score (nSPS) is 25.1. The van der Waals surface area contributed by atoms with Gasteiger partial charge in [-0.15, -0.1) is 0 Å². The van der Waals surface area contributed by atoms with Gasteiger partial charge in [0.1, 0.15) is 0 Å². The van der Waals surface area contributed by atoms with E-state index in [-0.39, 0.29) is 6.04 Å². The molecule has 20 heavy (non-hydrogen) atoms. The summed E-state index contributed by atoms with van der Waals surface area (Å²) >= 11 is 0. The van der Waals surface area contributed by atoms with Crippen molar-refractivity contribution in [3.05, 3.63) is 0 Å². The molecule has 0 aromatic rings. The third kappa shape index (κ3) is 3.57. The number of nitrogens with two attached hydrogens (primary N) is 1.